The summed E-state index contributed by atoms with van der Waals surface area (Å²) in [5.74, 6) is 0.618. The molecule has 4 heterocycles. The number of aromatic nitrogens is 3. The molecule has 2 aromatic carbocycles. The lowest BCUT2D eigenvalue weighted by Gasteiger charge is -2.46. The van der Waals surface area contributed by atoms with Crippen LogP contribution >= 0.6 is 11.6 Å². The highest BCUT2D eigenvalue weighted by molar-refractivity contribution is 6.30. The number of amidine groups is 1. The summed E-state index contributed by atoms with van der Waals surface area (Å²) in [6, 6.07) is 8.91. The predicted molar refractivity (Wildman–Crippen MR) is 141 cm³/mol. The van der Waals surface area contributed by atoms with Gasteiger partial charge in [0, 0.05) is 30.4 Å². The summed E-state index contributed by atoms with van der Waals surface area (Å²) < 4.78 is 22.1. The summed E-state index contributed by atoms with van der Waals surface area (Å²) in [6.45, 7) is 3.54. The minimum absolute atomic E-state index is 0.0363. The Morgan fingerprint density at radius 1 is 1.19 bits per heavy atom. The zero-order chi connectivity index (χ0) is 25.3. The van der Waals surface area contributed by atoms with Crippen LogP contribution in [0.15, 0.2) is 64.3 Å². The number of hydrazone groups is 1. The van der Waals surface area contributed by atoms with Gasteiger partial charge in [0.15, 0.2) is 17.8 Å². The summed E-state index contributed by atoms with van der Waals surface area (Å²) in [5, 5.41) is 7.32. The van der Waals surface area contributed by atoms with Gasteiger partial charge in [-0.3, -0.25) is 5.01 Å². The molecule has 0 bridgehead atoms. The predicted octanol–water partition coefficient (Wildman–Crippen LogP) is 5.98. The van der Waals surface area contributed by atoms with Gasteiger partial charge in [-0.1, -0.05) is 17.7 Å². The average Bonchev–Trinajstić information content (AvgIpc) is 3.22. The van der Waals surface area contributed by atoms with Crippen molar-refractivity contribution in [1.82, 2.24) is 24.4 Å². The largest absolute Gasteiger partial charge is 0.441 e. The minimum atomic E-state index is -0.315. The maximum atomic E-state index is 14.3. The normalized spacial score (nSPS) is 21.6. The molecule has 188 valence electrons. The molecule has 7 nitrogen and oxygen atoms in total. The molecule has 3 aliphatic rings. The molecule has 37 heavy (non-hydrogen) atoms. The highest BCUT2D eigenvalue weighted by Gasteiger charge is 2.51. The van der Waals surface area contributed by atoms with E-state index in [0.717, 1.165) is 52.4 Å². The molecule has 1 saturated carbocycles. The fourth-order valence-corrected chi connectivity index (χ4v) is 6.02. The summed E-state index contributed by atoms with van der Waals surface area (Å²) in [5.41, 5.74) is 6.61. The van der Waals surface area contributed by atoms with E-state index in [-0.39, 0.29) is 17.3 Å². The number of fused-ring (bicyclic) bond motifs is 2. The van der Waals surface area contributed by atoms with Crippen molar-refractivity contribution in [2.24, 2.45) is 10.5 Å². The van der Waals surface area contributed by atoms with E-state index in [0.29, 0.717) is 11.6 Å². The van der Waals surface area contributed by atoms with Crippen LogP contribution in [0.4, 0.5) is 4.39 Å². The lowest BCUT2D eigenvalue weighted by molar-refractivity contribution is 0.156. The van der Waals surface area contributed by atoms with Crippen LogP contribution < -0.4 is 0 Å². The van der Waals surface area contributed by atoms with E-state index in [4.69, 9.17) is 21.1 Å². The molecular formula is C28H26ClFN6O. The quantitative estimate of drug-likeness (QED) is 0.335. The van der Waals surface area contributed by atoms with Crippen molar-refractivity contribution >= 4 is 34.6 Å². The number of nitrogens with zero attached hydrogens (tertiary/aromatic N) is 6. The Bertz CT molecular complexity index is 1580. The van der Waals surface area contributed by atoms with Gasteiger partial charge < -0.3 is 13.9 Å². The van der Waals surface area contributed by atoms with Crippen LogP contribution in [0.1, 0.15) is 42.1 Å². The molecule has 1 spiro atoms. The van der Waals surface area contributed by atoms with E-state index in [9.17, 15) is 4.39 Å². The van der Waals surface area contributed by atoms with E-state index in [2.05, 4.69) is 27.0 Å². The second-order valence-electron chi connectivity index (χ2n) is 10.6. The third-order valence-electron chi connectivity index (χ3n) is 7.75. The molecule has 1 saturated heterocycles. The topological polar surface area (TPSA) is 62.7 Å². The first-order valence-corrected chi connectivity index (χ1v) is 12.9. The first kappa shape index (κ1) is 22.5. The Balaban J connectivity index is 1.33. The highest BCUT2D eigenvalue weighted by Crippen LogP contribution is 2.56. The standard InChI is InChI=1S/C28H26ClFN6O/c1-17-12-35(15-31-17)23-4-3-18(25-26(23)37-16-32-25)7-20-11-28(5-6-28)14-36-24(13-34(2)33-27(20)36)19-8-21(29)10-22(30)9-19/h3-4,7-10,12,15-16,24H,5-6,11,13-14H2,1-2H3/b20-7+. The van der Waals surface area contributed by atoms with Gasteiger partial charge >= 0.3 is 0 Å². The Morgan fingerprint density at radius 3 is 2.81 bits per heavy atom. The Hall–Kier alpha value is -3.65. The maximum absolute atomic E-state index is 14.3. The van der Waals surface area contributed by atoms with Crippen molar-refractivity contribution in [3.63, 3.8) is 0 Å². The van der Waals surface area contributed by atoms with Crippen molar-refractivity contribution in [3.8, 4) is 5.69 Å². The summed E-state index contributed by atoms with van der Waals surface area (Å²) in [7, 11) is 1.97. The summed E-state index contributed by atoms with van der Waals surface area (Å²) in [6.07, 6.45) is 10.8. The number of rotatable bonds is 3. The van der Waals surface area contributed by atoms with Gasteiger partial charge in [-0.15, -0.1) is 0 Å². The molecule has 0 amide bonds. The number of hydrogen-bond donors (Lipinski definition) is 0. The second kappa shape index (κ2) is 8.18. The van der Waals surface area contributed by atoms with E-state index < -0.39 is 0 Å². The Morgan fingerprint density at radius 2 is 2.05 bits per heavy atom. The lowest BCUT2D eigenvalue weighted by Crippen LogP contribution is -2.51. The molecule has 9 heteroatoms. The van der Waals surface area contributed by atoms with Crippen molar-refractivity contribution in [2.75, 3.05) is 20.1 Å². The van der Waals surface area contributed by atoms with Crippen LogP contribution in [0, 0.1) is 18.2 Å². The van der Waals surface area contributed by atoms with Crippen molar-refractivity contribution in [3.05, 3.63) is 82.5 Å². The molecule has 1 atom stereocenters. The van der Waals surface area contributed by atoms with E-state index in [1.54, 1.807) is 12.4 Å². The van der Waals surface area contributed by atoms with E-state index in [1.165, 1.54) is 30.9 Å². The van der Waals surface area contributed by atoms with Crippen LogP contribution in [0.5, 0.6) is 0 Å². The lowest BCUT2D eigenvalue weighted by atomic mass is 9.86. The molecule has 2 aliphatic heterocycles. The summed E-state index contributed by atoms with van der Waals surface area (Å²) in [4.78, 5) is 11.3. The fraction of sp³-hybridized carbons (Fsp3) is 0.321. The maximum Gasteiger partial charge on any atom is 0.182 e. The summed E-state index contributed by atoms with van der Waals surface area (Å²) >= 11 is 6.25. The molecule has 2 aromatic heterocycles. The fourth-order valence-electron chi connectivity index (χ4n) is 5.79. The first-order valence-electron chi connectivity index (χ1n) is 12.5. The van der Waals surface area contributed by atoms with Crippen molar-refractivity contribution in [2.45, 2.75) is 32.2 Å². The van der Waals surface area contributed by atoms with Crippen LogP contribution in [0.3, 0.4) is 0 Å². The number of hydrogen-bond acceptors (Lipinski definition) is 6. The minimum Gasteiger partial charge on any atom is -0.441 e. The number of imidazole rings is 1. The number of likely N-dealkylation sites (N-methyl/N-ethyl adjacent to an activating group) is 1. The Labute approximate surface area is 218 Å². The zero-order valence-corrected chi connectivity index (χ0v) is 21.4. The van der Waals surface area contributed by atoms with Gasteiger partial charge in [0.25, 0.3) is 0 Å². The van der Waals surface area contributed by atoms with Crippen LogP contribution in [0.2, 0.25) is 5.02 Å². The molecule has 0 radical (unpaired) electrons. The van der Waals surface area contributed by atoms with Gasteiger partial charge in [-0.2, -0.15) is 5.10 Å². The van der Waals surface area contributed by atoms with Crippen molar-refractivity contribution < 1.29 is 8.81 Å². The number of oxazole rings is 1. The second-order valence-corrected chi connectivity index (χ2v) is 11.0. The van der Waals surface area contributed by atoms with E-state index in [1.807, 2.05) is 41.9 Å². The number of benzene rings is 2. The molecule has 2 fully saturated rings. The van der Waals surface area contributed by atoms with Gasteiger partial charge in [0.05, 0.1) is 30.3 Å². The third-order valence-corrected chi connectivity index (χ3v) is 7.97. The van der Waals surface area contributed by atoms with Gasteiger partial charge in [-0.25, -0.2) is 14.4 Å². The molecule has 7 rings (SSSR count). The highest BCUT2D eigenvalue weighted by atomic mass is 35.5. The zero-order valence-electron chi connectivity index (χ0n) is 20.7. The molecule has 0 N–H and O–H groups in total. The van der Waals surface area contributed by atoms with Gasteiger partial charge in [0.1, 0.15) is 11.3 Å². The molecule has 1 unspecified atom stereocenters. The number of piperidine rings is 1. The molecular weight excluding hydrogens is 491 g/mol. The van der Waals surface area contributed by atoms with Gasteiger partial charge in [-0.05, 0) is 73.1 Å². The number of halogens is 2. The van der Waals surface area contributed by atoms with Crippen LogP contribution in [-0.4, -0.2) is 50.4 Å². The first-order chi connectivity index (χ1) is 17.9. The Kier molecular flexibility index (Phi) is 4.98. The molecule has 4 aromatic rings. The van der Waals surface area contributed by atoms with Crippen molar-refractivity contribution in [1.29, 1.82) is 0 Å². The van der Waals surface area contributed by atoms with Crippen LogP contribution in [0.25, 0.3) is 22.9 Å². The van der Waals surface area contributed by atoms with E-state index >= 15 is 0 Å². The van der Waals surface area contributed by atoms with Crippen LogP contribution in [-0.2, 0) is 0 Å². The third kappa shape index (κ3) is 3.91. The number of aryl methyl sites for hydroxylation is 1. The average molecular weight is 517 g/mol. The molecule has 1 aliphatic carbocycles. The monoisotopic (exact) mass is 516 g/mol. The smallest absolute Gasteiger partial charge is 0.182 e. The SMILES string of the molecule is Cc1cn(-c2ccc(/C=C3\CC4(CC4)CN4C3=NN(C)CC4c3cc(F)cc(Cl)c3)c3ncoc23)cn1. The van der Waals surface area contributed by atoms with Gasteiger partial charge in [0.2, 0.25) is 0 Å².